The predicted octanol–water partition coefficient (Wildman–Crippen LogP) is 3.90. The molecule has 3 aromatic carbocycles. The van der Waals surface area contributed by atoms with Gasteiger partial charge in [0.2, 0.25) is 0 Å². The molecule has 1 amide bonds. The first-order valence-corrected chi connectivity index (χ1v) is 13.6. The average Bonchev–Trinajstić information content (AvgIpc) is 2.90. The van der Waals surface area contributed by atoms with Crippen LogP contribution >= 0.6 is 0 Å². The first-order chi connectivity index (χ1) is 17.6. The number of benzene rings is 3. The molecule has 37 heavy (non-hydrogen) atoms. The summed E-state index contributed by atoms with van der Waals surface area (Å²) in [6.07, 6.45) is -1.42. The van der Waals surface area contributed by atoms with Crippen LogP contribution in [0, 0.1) is 0 Å². The van der Waals surface area contributed by atoms with E-state index in [1.807, 2.05) is 36.4 Å². The summed E-state index contributed by atoms with van der Waals surface area (Å²) in [6, 6.07) is 21.0. The second-order valence-corrected chi connectivity index (χ2v) is 12.0. The van der Waals surface area contributed by atoms with Crippen LogP contribution in [-0.4, -0.2) is 46.2 Å². The molecule has 2 aliphatic rings. The molecule has 0 saturated heterocycles. The Morgan fingerprint density at radius 2 is 1.65 bits per heavy atom. The molecule has 3 aromatic rings. The number of nitrogens with one attached hydrogen (secondary N) is 1. The summed E-state index contributed by atoms with van der Waals surface area (Å²) in [5.74, 6) is 1.19. The molecule has 194 valence electrons. The number of para-hydroxylation sites is 2. The number of ether oxygens (including phenoxy) is 3. The van der Waals surface area contributed by atoms with E-state index in [0.717, 1.165) is 5.56 Å². The quantitative estimate of drug-likeness (QED) is 0.546. The molecule has 0 bridgehead atoms. The number of fused-ring (bicyclic) bond motifs is 2. The van der Waals surface area contributed by atoms with Crippen LogP contribution in [0.3, 0.4) is 0 Å². The van der Waals surface area contributed by atoms with Crippen molar-refractivity contribution < 1.29 is 27.4 Å². The zero-order chi connectivity index (χ0) is 26.2. The van der Waals surface area contributed by atoms with Crippen molar-refractivity contribution in [1.29, 1.82) is 0 Å². The Morgan fingerprint density at radius 1 is 0.946 bits per heavy atom. The van der Waals surface area contributed by atoms with Crippen LogP contribution < -0.4 is 23.8 Å². The summed E-state index contributed by atoms with van der Waals surface area (Å²) in [5, 5.41) is 2.84. The fourth-order valence-corrected chi connectivity index (χ4v) is 5.78. The van der Waals surface area contributed by atoms with E-state index in [4.69, 9.17) is 14.2 Å². The summed E-state index contributed by atoms with van der Waals surface area (Å²) in [6.45, 7) is 6.49. The molecule has 0 unspecified atom stereocenters. The van der Waals surface area contributed by atoms with Crippen molar-refractivity contribution in [2.45, 2.75) is 43.3 Å². The fraction of sp³-hybridized carbons (Fsp3) is 0.321. The van der Waals surface area contributed by atoms with Crippen molar-refractivity contribution >= 4 is 21.6 Å². The molecule has 0 fully saturated rings. The minimum Gasteiger partial charge on any atom is -0.486 e. The van der Waals surface area contributed by atoms with Gasteiger partial charge >= 0.3 is 0 Å². The fourth-order valence-electron chi connectivity index (χ4n) is 4.29. The third kappa shape index (κ3) is 5.09. The van der Waals surface area contributed by atoms with E-state index in [-0.39, 0.29) is 36.1 Å². The number of amides is 1. The average molecular weight is 523 g/mol. The lowest BCUT2D eigenvalue weighted by Crippen LogP contribution is -2.52. The number of hydrogen-bond donors (Lipinski definition) is 1. The Labute approximate surface area is 217 Å². The van der Waals surface area contributed by atoms with Gasteiger partial charge in [0.1, 0.15) is 18.5 Å². The van der Waals surface area contributed by atoms with Gasteiger partial charge in [-0.3, -0.25) is 9.10 Å². The molecular weight excluding hydrogens is 492 g/mol. The molecular formula is C28H30N2O6S. The highest BCUT2D eigenvalue weighted by Gasteiger charge is 2.38. The van der Waals surface area contributed by atoms with Crippen LogP contribution in [0.4, 0.5) is 5.69 Å². The van der Waals surface area contributed by atoms with Crippen LogP contribution in [0.25, 0.3) is 0 Å². The molecule has 0 aromatic heterocycles. The Hall–Kier alpha value is -3.72. The third-order valence-electron chi connectivity index (χ3n) is 6.39. The molecule has 0 radical (unpaired) electrons. The lowest BCUT2D eigenvalue weighted by molar-refractivity contribution is -0.128. The Morgan fingerprint density at radius 3 is 2.38 bits per heavy atom. The molecule has 0 spiro atoms. The van der Waals surface area contributed by atoms with Gasteiger partial charge in [0.15, 0.2) is 17.6 Å². The van der Waals surface area contributed by atoms with Gasteiger partial charge < -0.3 is 19.5 Å². The van der Waals surface area contributed by atoms with E-state index in [1.165, 1.54) is 4.31 Å². The second-order valence-electron chi connectivity index (χ2n) is 10.1. The number of carbonyl (C=O) groups excluding carboxylic acids is 1. The number of nitrogens with zero attached hydrogens (tertiary/aromatic N) is 1. The standard InChI is InChI=1S/C28H30N2O6S/c1-28(2,3)19-13-14-23-22(15-19)30(37(32,33)21-9-5-4-6-10-21)17-26(36-23)27(31)29-16-20-18-34-24-11-7-8-12-25(24)35-20/h4-15,20,26H,16-18H2,1-3H3,(H,29,31)/t20-,26+/m1/s1. The van der Waals surface area contributed by atoms with Crippen LogP contribution in [0.5, 0.6) is 17.2 Å². The van der Waals surface area contributed by atoms with E-state index in [1.54, 1.807) is 36.4 Å². The number of hydrogen-bond acceptors (Lipinski definition) is 6. The first-order valence-electron chi connectivity index (χ1n) is 12.2. The Balaban J connectivity index is 1.38. The molecule has 0 saturated carbocycles. The summed E-state index contributed by atoms with van der Waals surface area (Å²) >= 11 is 0. The van der Waals surface area contributed by atoms with Crippen LogP contribution in [0.1, 0.15) is 26.3 Å². The van der Waals surface area contributed by atoms with Crippen molar-refractivity contribution in [3.63, 3.8) is 0 Å². The summed E-state index contributed by atoms with van der Waals surface area (Å²) in [5.41, 5.74) is 1.17. The minimum atomic E-state index is -3.94. The summed E-state index contributed by atoms with van der Waals surface area (Å²) < 4.78 is 46.3. The van der Waals surface area contributed by atoms with Gasteiger partial charge in [0.25, 0.3) is 15.9 Å². The molecule has 8 nitrogen and oxygen atoms in total. The van der Waals surface area contributed by atoms with Crippen molar-refractivity contribution in [3.8, 4) is 17.2 Å². The van der Waals surface area contributed by atoms with E-state index in [9.17, 15) is 13.2 Å². The maximum atomic E-state index is 13.7. The Kier molecular flexibility index (Phi) is 6.49. The molecule has 1 N–H and O–H groups in total. The third-order valence-corrected chi connectivity index (χ3v) is 8.18. The highest BCUT2D eigenvalue weighted by molar-refractivity contribution is 7.92. The molecule has 2 atom stereocenters. The van der Waals surface area contributed by atoms with E-state index in [2.05, 4.69) is 26.1 Å². The second kappa shape index (κ2) is 9.63. The highest BCUT2D eigenvalue weighted by atomic mass is 32.2. The lowest BCUT2D eigenvalue weighted by atomic mass is 9.86. The van der Waals surface area contributed by atoms with Crippen molar-refractivity contribution in [1.82, 2.24) is 5.32 Å². The molecule has 2 aliphatic heterocycles. The normalized spacial score (nSPS) is 18.9. The Bertz CT molecular complexity index is 1400. The molecule has 9 heteroatoms. The minimum absolute atomic E-state index is 0.148. The molecule has 0 aliphatic carbocycles. The van der Waals surface area contributed by atoms with Gasteiger partial charge in [-0.15, -0.1) is 0 Å². The zero-order valence-corrected chi connectivity index (χ0v) is 21.8. The van der Waals surface area contributed by atoms with Crippen molar-refractivity contribution in [3.05, 3.63) is 78.4 Å². The summed E-state index contributed by atoms with van der Waals surface area (Å²) in [4.78, 5) is 13.3. The number of anilines is 1. The van der Waals surface area contributed by atoms with Crippen molar-refractivity contribution in [2.75, 3.05) is 24.0 Å². The monoisotopic (exact) mass is 522 g/mol. The van der Waals surface area contributed by atoms with Gasteiger partial charge in [-0.2, -0.15) is 0 Å². The van der Waals surface area contributed by atoms with Gasteiger partial charge in [-0.05, 0) is 47.4 Å². The van der Waals surface area contributed by atoms with Gasteiger partial charge in [0, 0.05) is 0 Å². The molecule has 5 rings (SSSR count). The number of carbonyl (C=O) groups is 1. The van der Waals surface area contributed by atoms with Crippen LogP contribution in [0.2, 0.25) is 0 Å². The molecule has 2 heterocycles. The first kappa shape index (κ1) is 25.0. The maximum absolute atomic E-state index is 13.7. The van der Waals surface area contributed by atoms with E-state index in [0.29, 0.717) is 22.9 Å². The smallest absolute Gasteiger partial charge is 0.264 e. The van der Waals surface area contributed by atoms with E-state index >= 15 is 0 Å². The van der Waals surface area contributed by atoms with Crippen LogP contribution in [0.15, 0.2) is 77.7 Å². The predicted molar refractivity (Wildman–Crippen MR) is 140 cm³/mol. The lowest BCUT2D eigenvalue weighted by Gasteiger charge is -2.36. The van der Waals surface area contributed by atoms with Gasteiger partial charge in [-0.25, -0.2) is 8.42 Å². The van der Waals surface area contributed by atoms with Gasteiger partial charge in [-0.1, -0.05) is 57.2 Å². The van der Waals surface area contributed by atoms with Crippen molar-refractivity contribution in [2.24, 2.45) is 0 Å². The highest BCUT2D eigenvalue weighted by Crippen LogP contribution is 2.40. The number of sulfonamides is 1. The summed E-state index contributed by atoms with van der Waals surface area (Å²) in [7, 11) is -3.94. The topological polar surface area (TPSA) is 94.2 Å². The van der Waals surface area contributed by atoms with Gasteiger partial charge in [0.05, 0.1) is 23.7 Å². The van der Waals surface area contributed by atoms with Crippen LogP contribution in [-0.2, 0) is 20.2 Å². The SMILES string of the molecule is CC(C)(C)c1ccc2c(c1)N(S(=O)(=O)c1ccccc1)C[C@@H](C(=O)NC[C@@H]1COc3ccccc3O1)O2. The number of rotatable bonds is 5. The van der Waals surface area contributed by atoms with E-state index < -0.39 is 22.0 Å². The zero-order valence-electron chi connectivity index (χ0n) is 21.0. The largest absolute Gasteiger partial charge is 0.486 e. The maximum Gasteiger partial charge on any atom is 0.264 e.